The zero-order chi connectivity index (χ0) is 22.1. The van der Waals surface area contributed by atoms with Gasteiger partial charge in [0, 0.05) is 31.1 Å². The maximum atomic E-state index is 12.7. The minimum absolute atomic E-state index is 0.183. The van der Waals surface area contributed by atoms with Gasteiger partial charge in [-0.2, -0.15) is 9.29 Å². The van der Waals surface area contributed by atoms with Crippen molar-refractivity contribution in [2.75, 3.05) is 26.7 Å². The van der Waals surface area contributed by atoms with Gasteiger partial charge < -0.3 is 9.42 Å². The number of hydrogen-bond acceptors (Lipinski definition) is 7. The number of likely N-dealkylation sites (N-methyl/N-ethyl adjacent to an activating group) is 1. The molecule has 4 rings (SSSR count). The summed E-state index contributed by atoms with van der Waals surface area (Å²) in [6, 6.07) is 12.8. The predicted octanol–water partition coefficient (Wildman–Crippen LogP) is 3.00. The number of benzene rings is 1. The molecule has 3 aromatic rings. The van der Waals surface area contributed by atoms with Gasteiger partial charge in [0.05, 0.1) is 6.54 Å². The Morgan fingerprint density at radius 1 is 1.19 bits per heavy atom. The first-order valence-corrected chi connectivity index (χ1v) is 12.3. The molecule has 3 heterocycles. The predicted molar refractivity (Wildman–Crippen MR) is 117 cm³/mol. The minimum atomic E-state index is -3.65. The van der Waals surface area contributed by atoms with Crippen LogP contribution in [0.5, 0.6) is 0 Å². The second kappa shape index (κ2) is 8.52. The summed E-state index contributed by atoms with van der Waals surface area (Å²) in [5, 5.41) is 5.89. The molecule has 1 aliphatic rings. The molecule has 0 N–H and O–H groups in total. The van der Waals surface area contributed by atoms with Gasteiger partial charge in [0.2, 0.25) is 5.91 Å². The van der Waals surface area contributed by atoms with E-state index >= 15 is 0 Å². The Bertz CT molecular complexity index is 1140. The lowest BCUT2D eigenvalue weighted by Crippen LogP contribution is -2.47. The highest BCUT2D eigenvalue weighted by atomic mass is 32.2. The smallest absolute Gasteiger partial charge is 0.257 e. The fourth-order valence-corrected chi connectivity index (χ4v) is 5.90. The maximum Gasteiger partial charge on any atom is 0.257 e. The zero-order valence-corrected chi connectivity index (χ0v) is 19.0. The van der Waals surface area contributed by atoms with E-state index in [1.54, 1.807) is 22.4 Å². The molecule has 10 heteroatoms. The van der Waals surface area contributed by atoms with E-state index in [0.717, 1.165) is 21.2 Å². The van der Waals surface area contributed by atoms with E-state index in [0.29, 0.717) is 37.6 Å². The molecular formula is C21H24N4O4S2. The molecule has 8 nitrogen and oxygen atoms in total. The molecule has 1 aromatic carbocycles. The van der Waals surface area contributed by atoms with Crippen LogP contribution in [0.15, 0.2) is 56.6 Å². The Morgan fingerprint density at radius 3 is 2.55 bits per heavy atom. The Morgan fingerprint density at radius 2 is 1.90 bits per heavy atom. The largest absolute Gasteiger partial charge is 0.341 e. The van der Waals surface area contributed by atoms with Crippen molar-refractivity contribution in [2.24, 2.45) is 0 Å². The third kappa shape index (κ3) is 4.41. The van der Waals surface area contributed by atoms with Crippen LogP contribution < -0.4 is 0 Å². The molecule has 0 aliphatic carbocycles. The highest BCUT2D eigenvalue weighted by molar-refractivity contribution is 7.91. The van der Waals surface area contributed by atoms with E-state index in [9.17, 15) is 13.2 Å². The Balaban J connectivity index is 1.38. The lowest BCUT2D eigenvalue weighted by Gasteiger charge is -2.37. The molecule has 0 atom stereocenters. The number of nitrogens with zero attached hydrogens (tertiary/aromatic N) is 4. The van der Waals surface area contributed by atoms with Crippen molar-refractivity contribution < 1.29 is 17.7 Å². The molecule has 31 heavy (non-hydrogen) atoms. The van der Waals surface area contributed by atoms with E-state index in [2.05, 4.69) is 17.1 Å². The van der Waals surface area contributed by atoms with Crippen molar-refractivity contribution in [3.05, 3.63) is 53.7 Å². The summed E-state index contributed by atoms with van der Waals surface area (Å²) in [7, 11) is -2.21. The van der Waals surface area contributed by atoms with Gasteiger partial charge in [-0.15, -0.1) is 11.3 Å². The van der Waals surface area contributed by atoms with Gasteiger partial charge in [0.25, 0.3) is 15.9 Å². The molecule has 0 spiro atoms. The molecule has 1 aliphatic heterocycles. The van der Waals surface area contributed by atoms with Crippen molar-refractivity contribution in [3.63, 3.8) is 0 Å². The van der Waals surface area contributed by atoms with Crippen LogP contribution in [0.2, 0.25) is 0 Å². The van der Waals surface area contributed by atoms with E-state index in [1.807, 2.05) is 30.3 Å². The van der Waals surface area contributed by atoms with Gasteiger partial charge in [-0.05, 0) is 36.4 Å². The molecule has 0 unspecified atom stereocenters. The number of sulfonamides is 1. The third-order valence-electron chi connectivity index (χ3n) is 5.72. The molecule has 0 bridgehead atoms. The molecule has 164 valence electrons. The van der Waals surface area contributed by atoms with Crippen LogP contribution in [0.4, 0.5) is 0 Å². The summed E-state index contributed by atoms with van der Waals surface area (Å²) in [5.41, 5.74) is 0.565. The highest BCUT2D eigenvalue weighted by Crippen LogP contribution is 2.34. The Hall–Kier alpha value is -2.56. The van der Waals surface area contributed by atoms with Crippen LogP contribution >= 0.6 is 11.3 Å². The zero-order valence-electron chi connectivity index (χ0n) is 17.4. The van der Waals surface area contributed by atoms with Gasteiger partial charge in [-0.25, -0.2) is 8.42 Å². The lowest BCUT2D eigenvalue weighted by molar-refractivity contribution is -0.132. The summed E-state index contributed by atoms with van der Waals surface area (Å²) < 4.78 is 31.9. The number of likely N-dealkylation sites (tertiary alicyclic amines) is 1. The topological polar surface area (TPSA) is 96.6 Å². The summed E-state index contributed by atoms with van der Waals surface area (Å²) in [6.07, 6.45) is 1.35. The number of carbonyl (C=O) groups excluding carboxylic acids is 1. The number of aromatic nitrogens is 2. The van der Waals surface area contributed by atoms with Crippen molar-refractivity contribution in [1.82, 2.24) is 19.3 Å². The fourth-order valence-electron chi connectivity index (χ4n) is 3.58. The molecule has 0 saturated carbocycles. The Labute approximate surface area is 185 Å². The van der Waals surface area contributed by atoms with Crippen LogP contribution in [-0.2, 0) is 20.2 Å². The van der Waals surface area contributed by atoms with Gasteiger partial charge in [0.1, 0.15) is 4.21 Å². The first kappa shape index (κ1) is 21.7. The van der Waals surface area contributed by atoms with Crippen molar-refractivity contribution in [1.29, 1.82) is 0 Å². The van der Waals surface area contributed by atoms with Crippen LogP contribution in [0, 0.1) is 0 Å². The van der Waals surface area contributed by atoms with Crippen molar-refractivity contribution in [3.8, 4) is 11.5 Å². The monoisotopic (exact) mass is 460 g/mol. The van der Waals surface area contributed by atoms with Crippen LogP contribution in [0.3, 0.4) is 0 Å². The summed E-state index contributed by atoms with van der Waals surface area (Å²) in [5.74, 6) is 0.911. The number of rotatable bonds is 6. The quantitative estimate of drug-likeness (QED) is 0.561. The number of amides is 1. The average molecular weight is 461 g/mol. The van der Waals surface area contributed by atoms with Crippen LogP contribution in [0.1, 0.15) is 25.6 Å². The molecule has 1 amide bonds. The number of hydrogen-bond donors (Lipinski definition) is 0. The van der Waals surface area contributed by atoms with E-state index in [4.69, 9.17) is 4.52 Å². The molecule has 1 fully saturated rings. The van der Waals surface area contributed by atoms with Gasteiger partial charge >= 0.3 is 0 Å². The fraction of sp³-hybridized carbons (Fsp3) is 0.381. The van der Waals surface area contributed by atoms with Gasteiger partial charge in [-0.1, -0.05) is 36.3 Å². The van der Waals surface area contributed by atoms with E-state index in [1.165, 1.54) is 7.05 Å². The second-order valence-corrected chi connectivity index (χ2v) is 11.1. The summed E-state index contributed by atoms with van der Waals surface area (Å²) in [6.45, 7) is 2.91. The van der Waals surface area contributed by atoms with Crippen molar-refractivity contribution in [2.45, 2.75) is 29.4 Å². The first-order valence-electron chi connectivity index (χ1n) is 9.97. The second-order valence-electron chi connectivity index (χ2n) is 7.92. The normalized spacial score (nSPS) is 16.5. The lowest BCUT2D eigenvalue weighted by atomic mass is 9.79. The molecule has 2 aromatic heterocycles. The maximum absolute atomic E-state index is 12.7. The number of piperidine rings is 1. The van der Waals surface area contributed by atoms with Gasteiger partial charge in [-0.3, -0.25) is 4.79 Å². The van der Waals surface area contributed by atoms with Gasteiger partial charge in [0.15, 0.2) is 5.82 Å². The van der Waals surface area contributed by atoms with E-state index in [-0.39, 0.29) is 22.1 Å². The number of carbonyl (C=O) groups is 1. The first-order chi connectivity index (χ1) is 14.8. The summed E-state index contributed by atoms with van der Waals surface area (Å²) in [4.78, 5) is 19.0. The van der Waals surface area contributed by atoms with Crippen molar-refractivity contribution >= 4 is 27.3 Å². The standard InChI is InChI=1S/C21H24N4O4S2/c1-21(20-22-19(29-23-20)16-7-4-3-5-8-16)10-12-25(13-11-21)17(26)15-24(2)31(27,28)18-9-6-14-30-18/h3-9,14H,10-13,15H2,1-2H3. The molecule has 0 radical (unpaired) electrons. The summed E-state index contributed by atoms with van der Waals surface area (Å²) >= 11 is 1.14. The highest BCUT2D eigenvalue weighted by Gasteiger charge is 2.38. The van der Waals surface area contributed by atoms with Crippen LogP contribution in [-0.4, -0.2) is 60.4 Å². The average Bonchev–Trinajstić information content (AvgIpc) is 3.48. The molecule has 1 saturated heterocycles. The number of thiophene rings is 1. The van der Waals surface area contributed by atoms with Crippen LogP contribution in [0.25, 0.3) is 11.5 Å². The molecular weight excluding hydrogens is 436 g/mol. The van der Waals surface area contributed by atoms with E-state index < -0.39 is 10.0 Å². The SMILES string of the molecule is CN(CC(=O)N1CCC(C)(c2noc(-c3ccccc3)n2)CC1)S(=O)(=O)c1cccs1. The Kier molecular flexibility index (Phi) is 5.96. The minimum Gasteiger partial charge on any atom is -0.341 e. The third-order valence-corrected chi connectivity index (χ3v) is 8.90.